The standard InChI is InChI=1S/C18H22ClNO4S/c1-4-5-10-24-18(13(2)11-16(21)12-14(18)3)20-25(22,23)17-8-6-15(19)7-9-17/h6-9,11-12,20H,4-5,10H2,1-3H3. The summed E-state index contributed by atoms with van der Waals surface area (Å²) in [6.07, 6.45) is 4.47. The predicted molar refractivity (Wildman–Crippen MR) is 97.9 cm³/mol. The molecule has 0 atom stereocenters. The lowest BCUT2D eigenvalue weighted by molar-refractivity contribution is -0.111. The van der Waals surface area contributed by atoms with Gasteiger partial charge in [0.05, 0.1) is 4.90 Å². The van der Waals surface area contributed by atoms with Gasteiger partial charge in [0.1, 0.15) is 0 Å². The molecule has 0 fully saturated rings. The highest BCUT2D eigenvalue weighted by molar-refractivity contribution is 7.89. The van der Waals surface area contributed by atoms with Crippen molar-refractivity contribution in [2.24, 2.45) is 0 Å². The van der Waals surface area contributed by atoms with Crippen molar-refractivity contribution in [1.82, 2.24) is 4.72 Å². The van der Waals surface area contributed by atoms with Crippen LogP contribution in [0.3, 0.4) is 0 Å². The number of sulfonamides is 1. The van der Waals surface area contributed by atoms with E-state index in [0.29, 0.717) is 22.8 Å². The Hall–Kier alpha value is -1.47. The number of carbonyl (C=O) groups excluding carboxylic acids is 1. The van der Waals surface area contributed by atoms with Crippen LogP contribution < -0.4 is 4.72 Å². The molecule has 0 aliphatic heterocycles. The second kappa shape index (κ2) is 7.83. The molecule has 0 aromatic heterocycles. The molecule has 2 rings (SSSR count). The Kier molecular flexibility index (Phi) is 6.21. The molecule has 0 bridgehead atoms. The number of nitrogens with one attached hydrogen (secondary N) is 1. The fourth-order valence-corrected chi connectivity index (χ4v) is 4.13. The lowest BCUT2D eigenvalue weighted by atomic mass is 9.90. The Morgan fingerprint density at radius 1 is 1.12 bits per heavy atom. The van der Waals surface area contributed by atoms with E-state index in [0.717, 1.165) is 12.8 Å². The summed E-state index contributed by atoms with van der Waals surface area (Å²) in [6, 6.07) is 5.88. The van der Waals surface area contributed by atoms with Crippen molar-refractivity contribution in [2.75, 3.05) is 6.61 Å². The second-order valence-electron chi connectivity index (χ2n) is 6.00. The fourth-order valence-electron chi connectivity index (χ4n) is 2.63. The van der Waals surface area contributed by atoms with Gasteiger partial charge in [-0.3, -0.25) is 4.79 Å². The van der Waals surface area contributed by atoms with Crippen molar-refractivity contribution in [3.8, 4) is 0 Å². The summed E-state index contributed by atoms with van der Waals surface area (Å²) in [7, 11) is -3.88. The smallest absolute Gasteiger partial charge is 0.243 e. The molecule has 0 heterocycles. The maximum atomic E-state index is 12.8. The van der Waals surface area contributed by atoms with E-state index < -0.39 is 15.7 Å². The first-order valence-electron chi connectivity index (χ1n) is 8.06. The molecule has 7 heteroatoms. The van der Waals surface area contributed by atoms with E-state index in [9.17, 15) is 13.2 Å². The van der Waals surface area contributed by atoms with Gasteiger partial charge in [0, 0.05) is 11.6 Å². The van der Waals surface area contributed by atoms with Crippen molar-refractivity contribution in [3.05, 3.63) is 52.6 Å². The van der Waals surface area contributed by atoms with Gasteiger partial charge >= 0.3 is 0 Å². The first-order valence-corrected chi connectivity index (χ1v) is 9.92. The molecule has 0 unspecified atom stereocenters. The minimum Gasteiger partial charge on any atom is -0.352 e. The summed E-state index contributed by atoms with van der Waals surface area (Å²) < 4.78 is 34.3. The van der Waals surface area contributed by atoms with Crippen molar-refractivity contribution >= 4 is 27.4 Å². The Labute approximate surface area is 153 Å². The van der Waals surface area contributed by atoms with Crippen LogP contribution >= 0.6 is 11.6 Å². The summed E-state index contributed by atoms with van der Waals surface area (Å²) in [4.78, 5) is 11.9. The Balaban J connectivity index is 2.43. The van der Waals surface area contributed by atoms with Crippen LogP contribution in [0.15, 0.2) is 52.5 Å². The van der Waals surface area contributed by atoms with Crippen molar-refractivity contribution in [1.29, 1.82) is 0 Å². The number of allylic oxidation sites excluding steroid dienone is 2. The SMILES string of the molecule is CCCCOC1(NS(=O)(=O)c2ccc(Cl)cc2)C(C)=CC(=O)C=C1C. The third-order valence-corrected chi connectivity index (χ3v) is 5.75. The van der Waals surface area contributed by atoms with E-state index >= 15 is 0 Å². The van der Waals surface area contributed by atoms with Gasteiger partial charge in [-0.25, -0.2) is 8.42 Å². The van der Waals surface area contributed by atoms with Gasteiger partial charge in [-0.2, -0.15) is 4.72 Å². The molecule has 0 spiro atoms. The van der Waals surface area contributed by atoms with Gasteiger partial charge in [-0.15, -0.1) is 0 Å². The highest BCUT2D eigenvalue weighted by atomic mass is 35.5. The van der Waals surface area contributed by atoms with Crippen molar-refractivity contribution in [2.45, 2.75) is 44.2 Å². The molecule has 5 nitrogen and oxygen atoms in total. The van der Waals surface area contributed by atoms with E-state index in [1.807, 2.05) is 6.92 Å². The molecule has 25 heavy (non-hydrogen) atoms. The molecule has 1 aromatic rings. The van der Waals surface area contributed by atoms with Crippen molar-refractivity contribution < 1.29 is 17.9 Å². The van der Waals surface area contributed by atoms with E-state index in [-0.39, 0.29) is 10.7 Å². The number of hydrogen-bond donors (Lipinski definition) is 1. The van der Waals surface area contributed by atoms with Gasteiger partial charge < -0.3 is 4.74 Å². The third-order valence-electron chi connectivity index (χ3n) is 4.05. The summed E-state index contributed by atoms with van der Waals surface area (Å²) in [5.74, 6) is -0.185. The number of unbranched alkanes of at least 4 members (excludes halogenated alkanes) is 1. The van der Waals surface area contributed by atoms with Crippen LogP contribution in [0.25, 0.3) is 0 Å². The maximum Gasteiger partial charge on any atom is 0.243 e. The molecular formula is C18H22ClNO4S. The molecule has 0 radical (unpaired) electrons. The quantitative estimate of drug-likeness (QED) is 0.576. The molecule has 1 aliphatic rings. The molecule has 0 amide bonds. The van der Waals surface area contributed by atoms with E-state index in [1.54, 1.807) is 13.8 Å². The van der Waals surface area contributed by atoms with Crippen LogP contribution in [0.4, 0.5) is 0 Å². The van der Waals surface area contributed by atoms with Crippen LogP contribution in [0.5, 0.6) is 0 Å². The van der Waals surface area contributed by atoms with Crippen LogP contribution in [0.2, 0.25) is 5.02 Å². The van der Waals surface area contributed by atoms with Gasteiger partial charge in [-0.05, 0) is 67.8 Å². The number of hydrogen-bond acceptors (Lipinski definition) is 4. The van der Waals surface area contributed by atoms with E-state index in [2.05, 4.69) is 4.72 Å². The van der Waals surface area contributed by atoms with E-state index in [1.165, 1.54) is 36.4 Å². The third kappa shape index (κ3) is 4.39. The van der Waals surface area contributed by atoms with Crippen molar-refractivity contribution in [3.63, 3.8) is 0 Å². The molecule has 1 N–H and O–H groups in total. The highest BCUT2D eigenvalue weighted by Gasteiger charge is 2.42. The number of carbonyl (C=O) groups is 1. The van der Waals surface area contributed by atoms with Crippen LogP contribution in [0.1, 0.15) is 33.6 Å². The topological polar surface area (TPSA) is 72.5 Å². The Morgan fingerprint density at radius 2 is 1.68 bits per heavy atom. The summed E-state index contributed by atoms with van der Waals surface area (Å²) >= 11 is 5.83. The van der Waals surface area contributed by atoms with Gasteiger partial charge in [0.2, 0.25) is 10.0 Å². The minimum atomic E-state index is -3.88. The largest absolute Gasteiger partial charge is 0.352 e. The zero-order chi connectivity index (χ0) is 18.7. The molecule has 136 valence electrons. The molecular weight excluding hydrogens is 362 g/mol. The van der Waals surface area contributed by atoms with Crippen LogP contribution in [-0.4, -0.2) is 26.5 Å². The summed E-state index contributed by atoms with van der Waals surface area (Å²) in [6.45, 7) is 5.75. The predicted octanol–water partition coefficient (Wildman–Crippen LogP) is 3.61. The monoisotopic (exact) mass is 383 g/mol. The summed E-state index contributed by atoms with van der Waals surface area (Å²) in [5, 5.41) is 0.447. The van der Waals surface area contributed by atoms with Gasteiger partial charge in [0.15, 0.2) is 11.5 Å². The zero-order valence-electron chi connectivity index (χ0n) is 14.5. The Bertz CT molecular complexity index is 788. The molecule has 0 saturated heterocycles. The summed E-state index contributed by atoms with van der Waals surface area (Å²) in [5.41, 5.74) is -0.348. The minimum absolute atomic E-state index is 0.0767. The highest BCUT2D eigenvalue weighted by Crippen LogP contribution is 2.33. The van der Waals surface area contributed by atoms with Gasteiger partial charge in [-0.1, -0.05) is 24.9 Å². The first-order chi connectivity index (χ1) is 11.7. The number of benzene rings is 1. The second-order valence-corrected chi connectivity index (χ2v) is 8.12. The normalized spacial score (nSPS) is 17.2. The maximum absolute atomic E-state index is 12.8. The average molecular weight is 384 g/mol. The first kappa shape index (κ1) is 19.8. The molecule has 1 aromatic carbocycles. The molecule has 0 saturated carbocycles. The molecule has 1 aliphatic carbocycles. The van der Waals surface area contributed by atoms with E-state index in [4.69, 9.17) is 16.3 Å². The average Bonchev–Trinajstić information content (AvgIpc) is 2.52. The fraction of sp³-hybridized carbons (Fsp3) is 0.389. The number of halogens is 1. The zero-order valence-corrected chi connectivity index (χ0v) is 16.1. The van der Waals surface area contributed by atoms with Crippen LogP contribution in [-0.2, 0) is 19.6 Å². The Morgan fingerprint density at radius 3 is 2.20 bits per heavy atom. The van der Waals surface area contributed by atoms with Gasteiger partial charge in [0.25, 0.3) is 0 Å². The van der Waals surface area contributed by atoms with Crippen LogP contribution in [0, 0.1) is 0 Å². The lowest BCUT2D eigenvalue weighted by Crippen LogP contribution is -2.53. The number of rotatable bonds is 7. The number of ketones is 1. The number of ether oxygens (including phenoxy) is 1. The lowest BCUT2D eigenvalue weighted by Gasteiger charge is -2.38.